The number of pyridine rings is 1. The molecule has 3 aromatic carbocycles. The van der Waals surface area contributed by atoms with Crippen LogP contribution in [0.5, 0.6) is 5.75 Å². The highest BCUT2D eigenvalue weighted by Gasteiger charge is 2.11. The standard InChI is InChI=1S/C29H25N5O3/c1-20-7-4-10-23(15-20)32-27(35)18-34-17-22(24-11-2-3-12-25(24)34)16-31-33-28(36)19-37-26-13-5-8-21-9-6-14-30-29(21)26/h2-17H,18-19H2,1H3,(H,32,35)(H,33,36)/b31-16+. The Bertz CT molecular complexity index is 1620. The second-order valence-electron chi connectivity index (χ2n) is 8.56. The molecule has 0 atom stereocenters. The van der Waals surface area contributed by atoms with E-state index in [1.807, 2.05) is 90.5 Å². The average molecular weight is 492 g/mol. The van der Waals surface area contributed by atoms with Gasteiger partial charge >= 0.3 is 0 Å². The van der Waals surface area contributed by atoms with Crippen molar-refractivity contribution in [2.45, 2.75) is 13.5 Å². The third-order valence-electron chi connectivity index (χ3n) is 5.78. The van der Waals surface area contributed by atoms with Crippen LogP contribution in [-0.2, 0) is 16.1 Å². The minimum absolute atomic E-state index is 0.136. The second-order valence-corrected chi connectivity index (χ2v) is 8.56. The van der Waals surface area contributed by atoms with Crippen LogP contribution in [0.25, 0.3) is 21.8 Å². The number of carbonyl (C=O) groups is 2. The van der Waals surface area contributed by atoms with E-state index in [2.05, 4.69) is 20.8 Å². The van der Waals surface area contributed by atoms with Crippen molar-refractivity contribution in [1.29, 1.82) is 0 Å². The molecule has 0 bridgehead atoms. The number of anilines is 1. The summed E-state index contributed by atoms with van der Waals surface area (Å²) in [4.78, 5) is 29.3. The number of nitrogens with zero attached hydrogens (tertiary/aromatic N) is 3. The Morgan fingerprint density at radius 2 is 1.84 bits per heavy atom. The van der Waals surface area contributed by atoms with Crippen LogP contribution in [-0.4, -0.2) is 34.2 Å². The van der Waals surface area contributed by atoms with Crippen LogP contribution in [0.4, 0.5) is 5.69 Å². The van der Waals surface area contributed by atoms with Gasteiger partial charge in [0.05, 0.1) is 6.21 Å². The van der Waals surface area contributed by atoms with Crippen LogP contribution in [0.1, 0.15) is 11.1 Å². The molecule has 184 valence electrons. The van der Waals surface area contributed by atoms with E-state index in [9.17, 15) is 9.59 Å². The number of carbonyl (C=O) groups excluding carboxylic acids is 2. The molecule has 0 spiro atoms. The van der Waals surface area contributed by atoms with Gasteiger partial charge in [0.25, 0.3) is 5.91 Å². The fourth-order valence-electron chi connectivity index (χ4n) is 4.13. The van der Waals surface area contributed by atoms with Crippen molar-refractivity contribution in [2.75, 3.05) is 11.9 Å². The molecule has 2 aromatic heterocycles. The van der Waals surface area contributed by atoms with Gasteiger partial charge in [-0.1, -0.05) is 48.5 Å². The van der Waals surface area contributed by atoms with E-state index in [1.54, 1.807) is 18.5 Å². The van der Waals surface area contributed by atoms with E-state index in [4.69, 9.17) is 4.74 Å². The van der Waals surface area contributed by atoms with Crippen LogP contribution in [0, 0.1) is 6.92 Å². The number of hydrogen-bond acceptors (Lipinski definition) is 5. The molecule has 2 amide bonds. The Labute approximate surface area is 213 Å². The number of hydrazone groups is 1. The fraction of sp³-hybridized carbons (Fsp3) is 0.103. The first-order valence-electron chi connectivity index (χ1n) is 11.8. The molecule has 5 rings (SSSR count). The summed E-state index contributed by atoms with van der Waals surface area (Å²) in [6.45, 7) is 1.92. The van der Waals surface area contributed by atoms with Gasteiger partial charge in [0.15, 0.2) is 6.61 Å². The van der Waals surface area contributed by atoms with Crippen LogP contribution >= 0.6 is 0 Å². The van der Waals surface area contributed by atoms with Gasteiger partial charge in [0.2, 0.25) is 5.91 Å². The minimum atomic E-state index is -0.398. The molecule has 0 radical (unpaired) electrons. The Morgan fingerprint density at radius 3 is 2.73 bits per heavy atom. The van der Waals surface area contributed by atoms with Crippen LogP contribution in [0.3, 0.4) is 0 Å². The Morgan fingerprint density at radius 1 is 1.00 bits per heavy atom. The lowest BCUT2D eigenvalue weighted by Gasteiger charge is -2.08. The van der Waals surface area contributed by atoms with Crippen LogP contribution in [0.2, 0.25) is 0 Å². The van der Waals surface area contributed by atoms with E-state index in [0.717, 1.165) is 33.1 Å². The number of para-hydroxylation sites is 2. The molecule has 0 aliphatic heterocycles. The summed E-state index contributed by atoms with van der Waals surface area (Å²) < 4.78 is 7.52. The lowest BCUT2D eigenvalue weighted by molar-refractivity contribution is -0.123. The number of fused-ring (bicyclic) bond motifs is 2. The summed E-state index contributed by atoms with van der Waals surface area (Å²) in [6.07, 6.45) is 5.09. The van der Waals surface area contributed by atoms with Crippen molar-refractivity contribution >= 4 is 45.5 Å². The molecule has 2 N–H and O–H groups in total. The number of rotatable bonds is 8. The summed E-state index contributed by atoms with van der Waals surface area (Å²) in [5, 5.41) is 8.89. The third kappa shape index (κ3) is 5.65. The number of hydrogen-bond donors (Lipinski definition) is 2. The molecule has 0 fully saturated rings. The predicted octanol–water partition coefficient (Wildman–Crippen LogP) is 4.67. The van der Waals surface area contributed by atoms with Crippen molar-refractivity contribution in [2.24, 2.45) is 5.10 Å². The smallest absolute Gasteiger partial charge is 0.277 e. The molecule has 0 unspecified atom stereocenters. The van der Waals surface area contributed by atoms with Crippen LogP contribution < -0.4 is 15.5 Å². The first-order valence-corrected chi connectivity index (χ1v) is 11.8. The van der Waals surface area contributed by atoms with Gasteiger partial charge in [-0.3, -0.25) is 14.6 Å². The third-order valence-corrected chi connectivity index (χ3v) is 5.78. The maximum absolute atomic E-state index is 12.7. The van der Waals surface area contributed by atoms with E-state index in [-0.39, 0.29) is 19.1 Å². The van der Waals surface area contributed by atoms with E-state index >= 15 is 0 Å². The number of ether oxygens (including phenoxy) is 1. The molecular formula is C29H25N5O3. The molecule has 0 aliphatic rings. The lowest BCUT2D eigenvalue weighted by atomic mass is 10.2. The molecule has 5 aromatic rings. The van der Waals surface area contributed by atoms with E-state index in [1.165, 1.54) is 0 Å². The normalized spacial score (nSPS) is 11.2. The second kappa shape index (κ2) is 10.7. The lowest BCUT2D eigenvalue weighted by Crippen LogP contribution is -2.24. The van der Waals surface area contributed by atoms with E-state index < -0.39 is 5.91 Å². The maximum Gasteiger partial charge on any atom is 0.277 e. The maximum atomic E-state index is 12.7. The molecule has 0 saturated heterocycles. The molecular weight excluding hydrogens is 466 g/mol. The van der Waals surface area contributed by atoms with Gasteiger partial charge < -0.3 is 14.6 Å². The number of benzene rings is 3. The highest BCUT2D eigenvalue weighted by atomic mass is 16.5. The summed E-state index contributed by atoms with van der Waals surface area (Å²) in [6, 6.07) is 24.7. The van der Waals surface area contributed by atoms with Crippen LogP contribution in [0.15, 0.2) is 96.4 Å². The van der Waals surface area contributed by atoms with Gasteiger partial charge in [-0.05, 0) is 42.8 Å². The first-order chi connectivity index (χ1) is 18.1. The van der Waals surface area contributed by atoms with Crippen molar-refractivity contribution in [3.8, 4) is 5.75 Å². The molecule has 8 nitrogen and oxygen atoms in total. The highest BCUT2D eigenvalue weighted by Crippen LogP contribution is 2.23. The summed E-state index contributed by atoms with van der Waals surface area (Å²) in [5.74, 6) is -0.00193. The zero-order valence-electron chi connectivity index (χ0n) is 20.2. The molecule has 37 heavy (non-hydrogen) atoms. The SMILES string of the molecule is Cc1cccc(NC(=O)Cn2cc(/C=N/NC(=O)COc3cccc4cccnc34)c3ccccc32)c1. The van der Waals surface area contributed by atoms with Gasteiger partial charge in [-0.25, -0.2) is 5.43 Å². The number of amides is 2. The molecule has 0 saturated carbocycles. The van der Waals surface area contributed by atoms with Gasteiger partial charge in [-0.15, -0.1) is 0 Å². The topological polar surface area (TPSA) is 97.6 Å². The zero-order chi connectivity index (χ0) is 25.6. The number of nitrogens with one attached hydrogen (secondary N) is 2. The van der Waals surface area contributed by atoms with Gasteiger partial charge in [0.1, 0.15) is 17.8 Å². The quantitative estimate of drug-likeness (QED) is 0.244. The monoisotopic (exact) mass is 491 g/mol. The Kier molecular flexibility index (Phi) is 6.89. The molecule has 0 aliphatic carbocycles. The largest absolute Gasteiger partial charge is 0.481 e. The number of aryl methyl sites for hydroxylation is 1. The number of aromatic nitrogens is 2. The van der Waals surface area contributed by atoms with Gasteiger partial charge in [-0.2, -0.15) is 5.10 Å². The fourth-order valence-corrected chi connectivity index (χ4v) is 4.13. The molecule has 2 heterocycles. The van der Waals surface area contributed by atoms with E-state index in [0.29, 0.717) is 11.3 Å². The Hall–Kier alpha value is -4.98. The molecule has 8 heteroatoms. The van der Waals surface area contributed by atoms with Crippen molar-refractivity contribution < 1.29 is 14.3 Å². The van der Waals surface area contributed by atoms with Crippen molar-refractivity contribution in [3.63, 3.8) is 0 Å². The summed E-state index contributed by atoms with van der Waals surface area (Å²) >= 11 is 0. The Balaban J connectivity index is 1.23. The predicted molar refractivity (Wildman–Crippen MR) is 145 cm³/mol. The van der Waals surface area contributed by atoms with Crippen molar-refractivity contribution in [3.05, 3.63) is 102 Å². The highest BCUT2D eigenvalue weighted by molar-refractivity contribution is 6.01. The summed E-state index contributed by atoms with van der Waals surface area (Å²) in [7, 11) is 0. The summed E-state index contributed by atoms with van der Waals surface area (Å²) in [5.41, 5.74) is 6.69. The first kappa shape index (κ1) is 23.7. The van der Waals surface area contributed by atoms with Gasteiger partial charge in [0, 0.05) is 39.9 Å². The average Bonchev–Trinajstić information content (AvgIpc) is 3.24. The minimum Gasteiger partial charge on any atom is -0.481 e. The van der Waals surface area contributed by atoms with Crippen molar-refractivity contribution in [1.82, 2.24) is 15.0 Å². The zero-order valence-corrected chi connectivity index (χ0v) is 20.2.